The molecule has 4 aromatic rings. The van der Waals surface area contributed by atoms with Crippen molar-refractivity contribution in [2.24, 2.45) is 0 Å². The van der Waals surface area contributed by atoms with Crippen molar-refractivity contribution < 1.29 is 21.7 Å². The van der Waals surface area contributed by atoms with E-state index in [1.807, 2.05) is 42.5 Å². The lowest BCUT2D eigenvalue weighted by atomic mass is 10.2. The number of anilines is 3. The summed E-state index contributed by atoms with van der Waals surface area (Å²) in [6.07, 6.45) is 0. The number of hydrogen-bond acceptors (Lipinski definition) is 3. The van der Waals surface area contributed by atoms with Crippen molar-refractivity contribution in [3.8, 4) is 11.3 Å². The summed E-state index contributed by atoms with van der Waals surface area (Å²) in [6.45, 7) is 0. The molecule has 0 fully saturated rings. The lowest BCUT2D eigenvalue weighted by Crippen LogP contribution is -3.00. The Balaban J connectivity index is 0.00000196. The van der Waals surface area contributed by atoms with E-state index in [1.165, 1.54) is 5.56 Å². The molecule has 0 spiro atoms. The lowest BCUT2D eigenvalue weighted by molar-refractivity contribution is -0.612. The Kier molecular flexibility index (Phi) is 6.04. The molecule has 0 saturated heterocycles. The van der Waals surface area contributed by atoms with Crippen LogP contribution in [0.15, 0.2) is 96.4 Å². The van der Waals surface area contributed by atoms with Gasteiger partial charge in [0.2, 0.25) is 0 Å². The zero-order chi connectivity index (χ0) is 16.9. The first-order valence-electron chi connectivity index (χ1n) is 8.13. The molecule has 26 heavy (non-hydrogen) atoms. The molecule has 0 unspecified atom stereocenters. The molecule has 1 heterocycles. The molecule has 4 rings (SSSR count). The van der Waals surface area contributed by atoms with Crippen molar-refractivity contribution in [3.05, 3.63) is 96.4 Å². The van der Waals surface area contributed by atoms with Gasteiger partial charge in [-0.2, -0.15) is 0 Å². The van der Waals surface area contributed by atoms with Crippen LogP contribution in [-0.2, 0) is 0 Å². The van der Waals surface area contributed by atoms with Crippen molar-refractivity contribution in [1.82, 2.24) is 0 Å². The Morgan fingerprint density at radius 3 is 1.81 bits per heavy atom. The third kappa shape index (κ3) is 4.12. The molecule has 130 valence electrons. The predicted octanol–water partition coefficient (Wildman–Crippen LogP) is 2.33. The molecule has 0 aliphatic heterocycles. The third-order valence-corrected chi connectivity index (χ3v) is 4.68. The quantitative estimate of drug-likeness (QED) is 0.482. The SMILES string of the molecule is [Br-].c1ccc(Nc2scc(-c3ccccc3)[n+]2Nc2ccccc2)cc1. The Morgan fingerprint density at radius 1 is 0.654 bits per heavy atom. The molecule has 2 N–H and O–H groups in total. The topological polar surface area (TPSA) is 27.9 Å². The van der Waals surface area contributed by atoms with Crippen LogP contribution in [0, 0.1) is 0 Å². The zero-order valence-electron chi connectivity index (χ0n) is 14.0. The summed E-state index contributed by atoms with van der Waals surface area (Å²) in [6, 6.07) is 30.8. The standard InChI is InChI=1S/C21H17N3S.BrH/c1-4-10-17(11-5-1)20-16-25-21(22-18-12-6-2-7-13-18)24(20)23-19-14-8-3-9-15-19;/h1-16,23H;1H. The third-order valence-electron chi connectivity index (χ3n) is 3.84. The number of halogens is 1. The van der Waals surface area contributed by atoms with E-state index in [1.54, 1.807) is 11.3 Å². The summed E-state index contributed by atoms with van der Waals surface area (Å²) in [4.78, 5) is 0. The number of rotatable bonds is 5. The fourth-order valence-corrected chi connectivity index (χ4v) is 3.51. The van der Waals surface area contributed by atoms with Gasteiger partial charge >= 0.3 is 5.13 Å². The van der Waals surface area contributed by atoms with Gasteiger partial charge in [0.1, 0.15) is 5.69 Å². The lowest BCUT2D eigenvalue weighted by Gasteiger charge is -2.08. The van der Waals surface area contributed by atoms with E-state index in [4.69, 9.17) is 0 Å². The highest BCUT2D eigenvalue weighted by atomic mass is 79.9. The minimum absolute atomic E-state index is 0. The van der Waals surface area contributed by atoms with Gasteiger partial charge in [-0.1, -0.05) is 78.1 Å². The zero-order valence-corrected chi connectivity index (χ0v) is 16.4. The normalized spacial score (nSPS) is 10.0. The number of nitrogens with one attached hydrogen (secondary N) is 2. The minimum Gasteiger partial charge on any atom is -1.00 e. The van der Waals surface area contributed by atoms with Crippen LogP contribution in [0.4, 0.5) is 16.5 Å². The Bertz CT molecular complexity index is 941. The van der Waals surface area contributed by atoms with Crippen LogP contribution in [0.2, 0.25) is 0 Å². The highest BCUT2D eigenvalue weighted by Gasteiger charge is 2.20. The van der Waals surface area contributed by atoms with E-state index in [0.717, 1.165) is 22.2 Å². The van der Waals surface area contributed by atoms with Crippen LogP contribution in [0.25, 0.3) is 11.3 Å². The molecule has 0 radical (unpaired) electrons. The summed E-state index contributed by atoms with van der Waals surface area (Å²) >= 11 is 1.67. The van der Waals surface area contributed by atoms with Gasteiger partial charge in [-0.05, 0) is 24.3 Å². The molecule has 3 aromatic carbocycles. The van der Waals surface area contributed by atoms with Gasteiger partial charge in [0.05, 0.1) is 5.69 Å². The molecule has 1 aromatic heterocycles. The fraction of sp³-hybridized carbons (Fsp3) is 0. The highest BCUT2D eigenvalue weighted by molar-refractivity contribution is 7.13. The number of thiazole rings is 1. The second-order valence-electron chi connectivity index (χ2n) is 5.60. The van der Waals surface area contributed by atoms with E-state index in [9.17, 15) is 0 Å². The van der Waals surface area contributed by atoms with Crippen molar-refractivity contribution >= 4 is 27.8 Å². The Hall–Kier alpha value is -2.63. The summed E-state index contributed by atoms with van der Waals surface area (Å²) in [5, 5.41) is 6.69. The summed E-state index contributed by atoms with van der Waals surface area (Å²) < 4.78 is 2.10. The van der Waals surface area contributed by atoms with Gasteiger partial charge < -0.3 is 17.0 Å². The average Bonchev–Trinajstić information content (AvgIpc) is 3.06. The maximum Gasteiger partial charge on any atom is 0.363 e. The maximum absolute atomic E-state index is 3.50. The number of hydrogen-bond donors (Lipinski definition) is 2. The fourth-order valence-electron chi connectivity index (χ4n) is 2.62. The van der Waals surface area contributed by atoms with Crippen LogP contribution < -0.4 is 32.4 Å². The smallest absolute Gasteiger partial charge is 0.363 e. The summed E-state index contributed by atoms with van der Waals surface area (Å²) in [5.74, 6) is 0. The first-order valence-corrected chi connectivity index (χ1v) is 9.01. The molecular formula is C21H18BrN3S. The maximum atomic E-state index is 3.50. The van der Waals surface area contributed by atoms with Crippen LogP contribution in [0.5, 0.6) is 0 Å². The summed E-state index contributed by atoms with van der Waals surface area (Å²) in [5.41, 5.74) is 7.90. The second kappa shape index (κ2) is 8.65. The molecule has 0 bridgehead atoms. The minimum atomic E-state index is 0. The van der Waals surface area contributed by atoms with Gasteiger partial charge in [0.25, 0.3) is 0 Å². The van der Waals surface area contributed by atoms with E-state index in [-0.39, 0.29) is 17.0 Å². The Morgan fingerprint density at radius 2 is 1.19 bits per heavy atom. The second-order valence-corrected chi connectivity index (χ2v) is 6.45. The van der Waals surface area contributed by atoms with E-state index < -0.39 is 0 Å². The van der Waals surface area contributed by atoms with E-state index in [0.29, 0.717) is 0 Å². The van der Waals surface area contributed by atoms with Gasteiger partial charge in [-0.3, -0.25) is 0 Å². The first kappa shape index (κ1) is 18.2. The van der Waals surface area contributed by atoms with Crippen molar-refractivity contribution in [3.63, 3.8) is 0 Å². The van der Waals surface area contributed by atoms with Crippen molar-refractivity contribution in [1.29, 1.82) is 0 Å². The summed E-state index contributed by atoms with van der Waals surface area (Å²) in [7, 11) is 0. The first-order chi connectivity index (χ1) is 12.4. The molecule has 3 nitrogen and oxygen atoms in total. The van der Waals surface area contributed by atoms with E-state index >= 15 is 0 Å². The van der Waals surface area contributed by atoms with Crippen LogP contribution in [0.3, 0.4) is 0 Å². The van der Waals surface area contributed by atoms with Crippen molar-refractivity contribution in [2.75, 3.05) is 10.7 Å². The highest BCUT2D eigenvalue weighted by Crippen LogP contribution is 2.25. The molecule has 0 atom stereocenters. The van der Waals surface area contributed by atoms with Gasteiger partial charge in [0, 0.05) is 10.9 Å². The number of aromatic nitrogens is 1. The van der Waals surface area contributed by atoms with Crippen LogP contribution >= 0.6 is 11.3 Å². The van der Waals surface area contributed by atoms with Crippen molar-refractivity contribution in [2.45, 2.75) is 0 Å². The number of para-hydroxylation sites is 2. The van der Waals surface area contributed by atoms with Crippen LogP contribution in [0.1, 0.15) is 0 Å². The van der Waals surface area contributed by atoms with Crippen LogP contribution in [-0.4, -0.2) is 0 Å². The van der Waals surface area contributed by atoms with Gasteiger partial charge in [-0.15, -0.1) is 4.68 Å². The average molecular weight is 424 g/mol. The molecular weight excluding hydrogens is 406 g/mol. The molecule has 5 heteroatoms. The molecule has 0 amide bonds. The molecule has 0 aliphatic carbocycles. The molecule has 0 aliphatic rings. The number of benzene rings is 3. The number of nitrogens with zero attached hydrogens (tertiary/aromatic N) is 1. The predicted molar refractivity (Wildman–Crippen MR) is 105 cm³/mol. The largest absolute Gasteiger partial charge is 1.00 e. The van der Waals surface area contributed by atoms with Gasteiger partial charge in [-0.25, -0.2) is 10.7 Å². The van der Waals surface area contributed by atoms with Gasteiger partial charge in [0.15, 0.2) is 5.69 Å². The molecule has 0 saturated carbocycles. The van der Waals surface area contributed by atoms with E-state index in [2.05, 4.69) is 69.3 Å². The monoisotopic (exact) mass is 423 g/mol. The Labute approximate surface area is 167 Å².